The van der Waals surface area contributed by atoms with Gasteiger partial charge in [-0.25, -0.2) is 8.78 Å². The molecule has 2 unspecified atom stereocenters. The molecule has 186 valence electrons. The molecule has 0 spiro atoms. The van der Waals surface area contributed by atoms with Crippen molar-refractivity contribution >= 4 is 17.5 Å². The number of amides is 2. The molecule has 14 heteroatoms. The van der Waals surface area contributed by atoms with Crippen molar-refractivity contribution < 1.29 is 40.3 Å². The van der Waals surface area contributed by atoms with Crippen LogP contribution in [0.5, 0.6) is 0 Å². The molecular formula is C20H20F7N5O2. The maximum Gasteiger partial charge on any atom is 0.392 e. The molecule has 0 bridgehead atoms. The van der Waals surface area contributed by atoms with Crippen LogP contribution in [0.4, 0.5) is 36.4 Å². The summed E-state index contributed by atoms with van der Waals surface area (Å²) in [6.45, 7) is 0.776. The van der Waals surface area contributed by atoms with Crippen LogP contribution in [-0.4, -0.2) is 38.7 Å². The first-order chi connectivity index (χ1) is 15.5. The van der Waals surface area contributed by atoms with Gasteiger partial charge in [-0.1, -0.05) is 0 Å². The van der Waals surface area contributed by atoms with Crippen LogP contribution in [0.3, 0.4) is 0 Å². The van der Waals surface area contributed by atoms with E-state index in [0.29, 0.717) is 11.6 Å². The van der Waals surface area contributed by atoms with Crippen LogP contribution in [0.2, 0.25) is 0 Å². The van der Waals surface area contributed by atoms with Crippen molar-refractivity contribution in [1.29, 1.82) is 0 Å². The molecular weight excluding hydrogens is 475 g/mol. The quantitative estimate of drug-likeness (QED) is 0.585. The summed E-state index contributed by atoms with van der Waals surface area (Å²) in [4.78, 5) is 27.9. The first-order valence-corrected chi connectivity index (χ1v) is 9.97. The van der Waals surface area contributed by atoms with E-state index in [0.717, 1.165) is 19.2 Å². The van der Waals surface area contributed by atoms with E-state index in [1.807, 2.05) is 0 Å². The van der Waals surface area contributed by atoms with Gasteiger partial charge >= 0.3 is 6.18 Å². The highest BCUT2D eigenvalue weighted by Crippen LogP contribution is 2.50. The van der Waals surface area contributed by atoms with E-state index in [2.05, 4.69) is 15.4 Å². The van der Waals surface area contributed by atoms with Crippen molar-refractivity contribution in [2.24, 2.45) is 17.6 Å². The van der Waals surface area contributed by atoms with E-state index in [1.54, 1.807) is 0 Å². The maximum absolute atomic E-state index is 14.1. The van der Waals surface area contributed by atoms with Crippen LogP contribution < -0.4 is 11.1 Å². The first kappa shape index (κ1) is 25.4. The third-order valence-electron chi connectivity index (χ3n) is 5.57. The zero-order chi connectivity index (χ0) is 25.6. The highest BCUT2D eigenvalue weighted by Gasteiger charge is 2.57. The molecule has 0 aliphatic heterocycles. The molecule has 3 rings (SSSR count). The van der Waals surface area contributed by atoms with Crippen LogP contribution >= 0.6 is 0 Å². The molecule has 1 fully saturated rings. The number of halogens is 7. The Labute approximate surface area is 188 Å². The Bertz CT molecular complexity index is 1110. The van der Waals surface area contributed by atoms with Crippen LogP contribution in [0.25, 0.3) is 0 Å². The van der Waals surface area contributed by atoms with Gasteiger partial charge in [0, 0.05) is 43.8 Å². The Balaban J connectivity index is 2.00. The van der Waals surface area contributed by atoms with Crippen molar-refractivity contribution in [3.05, 3.63) is 41.0 Å². The third kappa shape index (κ3) is 5.30. The van der Waals surface area contributed by atoms with E-state index < -0.39 is 72.4 Å². The monoisotopic (exact) mass is 495 g/mol. The van der Waals surface area contributed by atoms with Gasteiger partial charge in [0.2, 0.25) is 5.92 Å². The molecule has 2 heterocycles. The molecule has 7 nitrogen and oxygen atoms in total. The summed E-state index contributed by atoms with van der Waals surface area (Å²) in [5.41, 5.74) is 3.16. The SMILES string of the molecule is Cc1c(C(C)(F)F)nn(CC2CC(F)(F)CC2C(F)(F)F)c1C(=O)Nc1ccnc(C(N)=O)c1. The molecule has 2 aromatic rings. The minimum atomic E-state index is -4.95. The lowest BCUT2D eigenvalue weighted by Crippen LogP contribution is -2.30. The summed E-state index contributed by atoms with van der Waals surface area (Å²) in [6.07, 6.45) is -6.39. The zero-order valence-corrected chi connectivity index (χ0v) is 17.9. The van der Waals surface area contributed by atoms with Gasteiger partial charge in [0.05, 0.1) is 5.92 Å². The molecule has 1 saturated carbocycles. The number of aromatic nitrogens is 3. The van der Waals surface area contributed by atoms with E-state index in [-0.39, 0.29) is 16.9 Å². The smallest absolute Gasteiger partial charge is 0.364 e. The van der Waals surface area contributed by atoms with Crippen molar-refractivity contribution in [2.75, 3.05) is 5.32 Å². The Morgan fingerprint density at radius 1 is 1.24 bits per heavy atom. The van der Waals surface area contributed by atoms with Crippen LogP contribution in [-0.2, 0) is 12.5 Å². The summed E-state index contributed by atoms with van der Waals surface area (Å²) in [5.74, 6) is -13.2. The number of nitrogens with two attached hydrogens (primary N) is 1. The summed E-state index contributed by atoms with van der Waals surface area (Å²) in [7, 11) is 0. The van der Waals surface area contributed by atoms with Gasteiger partial charge < -0.3 is 11.1 Å². The van der Waals surface area contributed by atoms with E-state index in [9.17, 15) is 40.3 Å². The van der Waals surface area contributed by atoms with Crippen molar-refractivity contribution in [1.82, 2.24) is 14.8 Å². The Morgan fingerprint density at radius 3 is 2.44 bits per heavy atom. The number of pyridine rings is 1. The van der Waals surface area contributed by atoms with Gasteiger partial charge in [-0.15, -0.1) is 0 Å². The number of rotatable bonds is 6. The first-order valence-electron chi connectivity index (χ1n) is 9.97. The molecule has 0 aromatic carbocycles. The average Bonchev–Trinajstić information content (AvgIpc) is 3.17. The van der Waals surface area contributed by atoms with E-state index >= 15 is 0 Å². The fourth-order valence-corrected chi connectivity index (χ4v) is 4.12. The fourth-order valence-electron chi connectivity index (χ4n) is 4.12. The molecule has 2 amide bonds. The van der Waals surface area contributed by atoms with E-state index in [1.165, 1.54) is 6.07 Å². The number of primary amides is 1. The lowest BCUT2D eigenvalue weighted by atomic mass is 9.95. The number of nitrogens with one attached hydrogen (secondary N) is 1. The number of nitrogens with zero attached hydrogens (tertiary/aromatic N) is 3. The van der Waals surface area contributed by atoms with Gasteiger partial charge in [-0.2, -0.15) is 27.1 Å². The molecule has 1 aliphatic rings. The molecule has 2 atom stereocenters. The maximum atomic E-state index is 14.1. The second-order valence-corrected chi connectivity index (χ2v) is 8.31. The summed E-state index contributed by atoms with van der Waals surface area (Å²) in [5, 5.41) is 5.94. The van der Waals surface area contributed by atoms with Gasteiger partial charge in [0.1, 0.15) is 17.1 Å². The highest BCUT2D eigenvalue weighted by molar-refractivity contribution is 6.04. The minimum Gasteiger partial charge on any atom is -0.364 e. The van der Waals surface area contributed by atoms with Crippen molar-refractivity contribution in [3.8, 4) is 0 Å². The second kappa shape index (κ2) is 8.55. The standard InChI is InChI=1S/C20H20F7N5O2/c1-9-14(17(34)30-11-3-4-29-13(5-11)16(28)33)32(31-15(9)18(2,21)22)8-10-6-19(23,24)7-12(10)20(25,26)27/h3-5,10,12H,6-8H2,1-2H3,(H2,28,33)(H,29,30,34). The molecule has 34 heavy (non-hydrogen) atoms. The number of hydrogen-bond donors (Lipinski definition) is 2. The summed E-state index contributed by atoms with van der Waals surface area (Å²) < 4.78 is 96.5. The predicted octanol–water partition coefficient (Wildman–Crippen LogP) is 4.27. The normalized spacial score (nSPS) is 20.4. The number of hydrogen-bond acceptors (Lipinski definition) is 4. The Kier molecular flexibility index (Phi) is 6.39. The largest absolute Gasteiger partial charge is 0.392 e. The minimum absolute atomic E-state index is 0.00803. The Morgan fingerprint density at radius 2 is 1.88 bits per heavy atom. The van der Waals surface area contributed by atoms with Gasteiger partial charge in [0.25, 0.3) is 17.7 Å². The second-order valence-electron chi connectivity index (χ2n) is 8.31. The third-order valence-corrected chi connectivity index (χ3v) is 5.57. The number of carbonyl (C=O) groups is 2. The Hall–Kier alpha value is -3.19. The number of alkyl halides is 7. The molecule has 0 radical (unpaired) electrons. The van der Waals surface area contributed by atoms with Crippen molar-refractivity contribution in [2.45, 2.75) is 51.3 Å². The highest BCUT2D eigenvalue weighted by atomic mass is 19.4. The number of carbonyl (C=O) groups excluding carboxylic acids is 2. The molecule has 2 aromatic heterocycles. The number of anilines is 1. The predicted molar refractivity (Wildman–Crippen MR) is 104 cm³/mol. The van der Waals surface area contributed by atoms with Crippen LogP contribution in [0.15, 0.2) is 18.3 Å². The topological polar surface area (TPSA) is 103 Å². The van der Waals surface area contributed by atoms with Crippen molar-refractivity contribution in [3.63, 3.8) is 0 Å². The summed E-state index contributed by atoms with van der Waals surface area (Å²) in [6, 6.07) is 2.36. The van der Waals surface area contributed by atoms with Gasteiger partial charge in [-0.05, 0) is 25.0 Å². The van der Waals surface area contributed by atoms with Crippen LogP contribution in [0.1, 0.15) is 52.0 Å². The van der Waals surface area contributed by atoms with Gasteiger partial charge in [0.15, 0.2) is 0 Å². The fraction of sp³-hybridized carbons (Fsp3) is 0.500. The average molecular weight is 495 g/mol. The molecule has 0 saturated heterocycles. The zero-order valence-electron chi connectivity index (χ0n) is 17.9. The molecule has 3 N–H and O–H groups in total. The lowest BCUT2D eigenvalue weighted by Gasteiger charge is -2.22. The van der Waals surface area contributed by atoms with Gasteiger partial charge in [-0.3, -0.25) is 19.3 Å². The summed E-state index contributed by atoms with van der Waals surface area (Å²) >= 11 is 0. The van der Waals surface area contributed by atoms with E-state index in [4.69, 9.17) is 5.73 Å². The molecule has 1 aliphatic carbocycles. The van der Waals surface area contributed by atoms with Crippen LogP contribution in [0, 0.1) is 18.8 Å². The lowest BCUT2D eigenvalue weighted by molar-refractivity contribution is -0.188.